The second-order valence-electron chi connectivity index (χ2n) is 10.6. The molecule has 1 N–H and O–H groups in total. The van der Waals surface area contributed by atoms with Crippen molar-refractivity contribution < 1.29 is 29.5 Å². The van der Waals surface area contributed by atoms with Crippen molar-refractivity contribution in [3.63, 3.8) is 0 Å². The summed E-state index contributed by atoms with van der Waals surface area (Å²) in [5, 5.41) is 12.2. The van der Waals surface area contributed by atoms with Crippen LogP contribution in [0.5, 0.6) is 11.5 Å². The number of carbonyl (C=O) groups is 1. The predicted molar refractivity (Wildman–Crippen MR) is 171 cm³/mol. The van der Waals surface area contributed by atoms with E-state index in [-0.39, 0.29) is 17.4 Å². The van der Waals surface area contributed by atoms with Crippen LogP contribution in [0.3, 0.4) is 0 Å². The van der Waals surface area contributed by atoms with Crippen LogP contribution in [0.25, 0.3) is 24.4 Å². The summed E-state index contributed by atoms with van der Waals surface area (Å²) in [4.78, 5) is 33.7. The average molecular weight is 600 g/mol. The maximum Gasteiger partial charge on any atom is 0.211 e. The highest BCUT2D eigenvalue weighted by Crippen LogP contribution is 2.33. The van der Waals surface area contributed by atoms with Gasteiger partial charge in [-0.2, -0.15) is 4.89 Å². The minimum absolute atomic E-state index is 0.118. The standard InChI is InChI=1S/C35H37NO6S/c1-3-40-42-33-16-12-28(22-34(33)41-38)31-21-29-20-24(2)7-11-27(29)23-35(36-31)43-30-13-8-25(9-14-30)10-15-32(37)26-6-4-5-18-39-19-17-26/h7-9,11-14,16,20-23,26,38H,2-6,10,15,17-19H2,1H3. The Kier molecular flexibility index (Phi) is 10.8. The first kappa shape index (κ1) is 30.8. The van der Waals surface area contributed by atoms with Crippen LogP contribution in [0.1, 0.15) is 55.7 Å². The molecule has 0 bridgehead atoms. The van der Waals surface area contributed by atoms with E-state index in [1.807, 2.05) is 30.3 Å². The van der Waals surface area contributed by atoms with Crippen LogP contribution in [0.15, 0.2) is 70.6 Å². The summed E-state index contributed by atoms with van der Waals surface area (Å²) in [6, 6.07) is 19.5. The largest absolute Gasteiger partial charge is 0.381 e. The number of aliphatic imine (C=N–C) groups is 1. The Morgan fingerprint density at radius 2 is 1.88 bits per heavy atom. The van der Waals surface area contributed by atoms with Crippen LogP contribution in [0, 0.1) is 5.92 Å². The van der Waals surface area contributed by atoms with Gasteiger partial charge < -0.3 is 14.5 Å². The number of ketones is 1. The summed E-state index contributed by atoms with van der Waals surface area (Å²) < 4.78 is 5.59. The van der Waals surface area contributed by atoms with E-state index in [1.165, 1.54) is 0 Å². The first-order valence-corrected chi connectivity index (χ1v) is 15.6. The van der Waals surface area contributed by atoms with Crippen molar-refractivity contribution in [1.29, 1.82) is 0 Å². The summed E-state index contributed by atoms with van der Waals surface area (Å²) in [6.07, 6.45) is 9.27. The van der Waals surface area contributed by atoms with Gasteiger partial charge in [0.1, 0.15) is 10.8 Å². The Morgan fingerprint density at radius 1 is 1.02 bits per heavy atom. The highest BCUT2D eigenvalue weighted by atomic mass is 32.2. The maximum atomic E-state index is 12.8. The van der Waals surface area contributed by atoms with Crippen LogP contribution in [0.2, 0.25) is 0 Å². The van der Waals surface area contributed by atoms with Gasteiger partial charge in [-0.15, -0.1) is 0 Å². The highest BCUT2D eigenvalue weighted by Gasteiger charge is 2.19. The van der Waals surface area contributed by atoms with E-state index in [9.17, 15) is 10.1 Å². The molecular formula is C35H37NO6S. The van der Waals surface area contributed by atoms with Crippen molar-refractivity contribution in [3.8, 4) is 11.5 Å². The van der Waals surface area contributed by atoms with Crippen molar-refractivity contribution in [1.82, 2.24) is 0 Å². The Bertz CT molecular complexity index is 1590. The van der Waals surface area contributed by atoms with E-state index >= 15 is 0 Å². The number of fused-ring (bicyclic) bond motifs is 1. The topological polar surface area (TPSA) is 86.6 Å². The third-order valence-electron chi connectivity index (χ3n) is 7.52. The van der Waals surface area contributed by atoms with Gasteiger partial charge in [0.25, 0.3) is 0 Å². The lowest BCUT2D eigenvalue weighted by atomic mass is 9.90. The Morgan fingerprint density at radius 3 is 2.70 bits per heavy atom. The van der Waals surface area contributed by atoms with E-state index in [1.54, 1.807) is 30.8 Å². The molecule has 224 valence electrons. The van der Waals surface area contributed by atoms with Gasteiger partial charge in [0.15, 0.2) is 0 Å². The van der Waals surface area contributed by atoms with Crippen molar-refractivity contribution in [2.75, 3.05) is 19.8 Å². The van der Waals surface area contributed by atoms with Gasteiger partial charge in [0, 0.05) is 36.0 Å². The lowest BCUT2D eigenvalue weighted by Crippen LogP contribution is -2.19. The number of benzene rings is 3. The molecule has 43 heavy (non-hydrogen) atoms. The van der Waals surface area contributed by atoms with Crippen LogP contribution in [0.4, 0.5) is 0 Å². The van der Waals surface area contributed by atoms with Crippen molar-refractivity contribution in [2.24, 2.45) is 10.9 Å². The maximum absolute atomic E-state index is 12.8. The zero-order chi connectivity index (χ0) is 30.0. The molecule has 0 spiro atoms. The average Bonchev–Trinajstić information content (AvgIpc) is 3.18. The van der Waals surface area contributed by atoms with Crippen LogP contribution < -0.4 is 20.2 Å². The Labute approximate surface area is 256 Å². The number of hydrogen-bond donors (Lipinski definition) is 1. The van der Waals surface area contributed by atoms with Gasteiger partial charge in [-0.1, -0.05) is 49.0 Å². The second kappa shape index (κ2) is 15.2. The molecule has 7 nitrogen and oxygen atoms in total. The molecule has 1 saturated heterocycles. The van der Waals surface area contributed by atoms with Gasteiger partial charge in [-0.05, 0) is 103 Å². The summed E-state index contributed by atoms with van der Waals surface area (Å²) >= 11 is 1.56. The van der Waals surface area contributed by atoms with Gasteiger partial charge in [0.2, 0.25) is 11.5 Å². The van der Waals surface area contributed by atoms with Crippen molar-refractivity contribution in [3.05, 3.63) is 87.8 Å². The van der Waals surface area contributed by atoms with Crippen molar-refractivity contribution >= 4 is 47.0 Å². The smallest absolute Gasteiger partial charge is 0.211 e. The molecule has 1 unspecified atom stereocenters. The fourth-order valence-corrected chi connectivity index (χ4v) is 6.02. The summed E-state index contributed by atoms with van der Waals surface area (Å²) in [5.41, 5.74) is 3.56. The molecule has 8 heteroatoms. The van der Waals surface area contributed by atoms with E-state index < -0.39 is 0 Å². The first-order valence-electron chi connectivity index (χ1n) is 14.8. The van der Waals surface area contributed by atoms with Gasteiger partial charge in [-0.25, -0.2) is 10.2 Å². The van der Waals surface area contributed by atoms with Gasteiger partial charge in [-0.3, -0.25) is 4.79 Å². The number of nitrogens with zero attached hydrogens (tertiary/aromatic N) is 1. The number of ether oxygens (including phenoxy) is 1. The monoisotopic (exact) mass is 599 g/mol. The molecule has 3 aromatic rings. The fraction of sp³-hybridized carbons (Fsp3) is 0.314. The normalized spacial score (nSPS) is 16.8. The van der Waals surface area contributed by atoms with Gasteiger partial charge in [0.05, 0.1) is 12.3 Å². The quantitative estimate of drug-likeness (QED) is 0.211. The zero-order valence-electron chi connectivity index (χ0n) is 24.4. The lowest BCUT2D eigenvalue weighted by molar-refractivity contribution is -0.209. The Hall–Kier alpha value is -3.69. The number of hydrogen-bond acceptors (Lipinski definition) is 8. The molecule has 2 aliphatic rings. The van der Waals surface area contributed by atoms with E-state index in [0.717, 1.165) is 75.8 Å². The molecular weight excluding hydrogens is 562 g/mol. The van der Waals surface area contributed by atoms with E-state index in [2.05, 4.69) is 41.8 Å². The SMILES string of the molecule is C=c1ccc2c(c1)C=C(c1ccc(OOCC)c(OO)c1)N=C(Sc1ccc(CCC(=O)C3CCCCOCC3)cc1)C=2. The zero-order valence-corrected chi connectivity index (χ0v) is 25.2. The minimum Gasteiger partial charge on any atom is -0.381 e. The Balaban J connectivity index is 1.33. The molecule has 3 aromatic carbocycles. The third-order valence-corrected chi connectivity index (χ3v) is 8.45. The molecule has 5 rings (SSSR count). The van der Waals surface area contributed by atoms with Crippen LogP contribution in [-0.4, -0.2) is 35.9 Å². The molecule has 0 aliphatic carbocycles. The van der Waals surface area contributed by atoms with Crippen LogP contribution >= 0.6 is 11.8 Å². The summed E-state index contributed by atoms with van der Waals surface area (Å²) in [7, 11) is 0. The fourth-order valence-electron chi connectivity index (χ4n) is 5.18. The molecule has 0 radical (unpaired) electrons. The van der Waals surface area contributed by atoms with E-state index in [4.69, 9.17) is 19.5 Å². The molecule has 2 heterocycles. The molecule has 2 aliphatic heterocycles. The molecule has 0 aromatic heterocycles. The van der Waals surface area contributed by atoms with Gasteiger partial charge >= 0.3 is 0 Å². The number of Topliss-reactive ketones (excluding diaryl/α,β-unsaturated/α-hetero) is 1. The highest BCUT2D eigenvalue weighted by molar-refractivity contribution is 8.14. The molecule has 1 fully saturated rings. The lowest BCUT2D eigenvalue weighted by Gasteiger charge is -2.18. The predicted octanol–water partition coefficient (Wildman–Crippen LogP) is 6.47. The number of rotatable bonds is 10. The number of aryl methyl sites for hydroxylation is 1. The first-order chi connectivity index (χ1) is 21.0. The number of carbonyl (C=O) groups excluding carboxylic acids is 1. The van der Waals surface area contributed by atoms with E-state index in [0.29, 0.717) is 31.1 Å². The molecule has 1 atom stereocenters. The van der Waals surface area contributed by atoms with Crippen molar-refractivity contribution in [2.45, 2.75) is 50.3 Å². The molecule has 0 saturated carbocycles. The second-order valence-corrected chi connectivity index (χ2v) is 11.7. The number of thioether (sulfide) groups is 1. The third kappa shape index (κ3) is 8.45. The summed E-state index contributed by atoms with van der Waals surface area (Å²) in [5.74, 6) is 0.847. The van der Waals surface area contributed by atoms with Crippen LogP contribution in [-0.2, 0) is 20.8 Å². The summed E-state index contributed by atoms with van der Waals surface area (Å²) in [6.45, 7) is 7.73. The minimum atomic E-state index is 0.118. The molecule has 0 amide bonds.